The van der Waals surface area contributed by atoms with Crippen molar-refractivity contribution in [2.24, 2.45) is 0 Å². The van der Waals surface area contributed by atoms with Crippen molar-refractivity contribution in [2.45, 2.75) is 26.3 Å². The largest absolute Gasteiger partial charge is 0.339 e. The lowest BCUT2D eigenvalue weighted by molar-refractivity contribution is 0.363. The molecule has 0 saturated heterocycles. The van der Waals surface area contributed by atoms with Crippen molar-refractivity contribution < 1.29 is 4.52 Å². The highest BCUT2D eigenvalue weighted by Crippen LogP contribution is 2.18. The molecule has 0 spiro atoms. The van der Waals surface area contributed by atoms with Crippen molar-refractivity contribution in [2.75, 3.05) is 6.54 Å². The first kappa shape index (κ1) is 13.1. The Labute approximate surface area is 111 Å². The standard InChI is InChI=1S/C13H16ClN3O/c1-3-15-9(2)8-12-16-13(17-18-12)10-4-6-11(14)7-5-10/h4-7,9,15H,3,8H2,1-2H3. The minimum Gasteiger partial charge on any atom is -0.339 e. The van der Waals surface area contributed by atoms with E-state index in [0.717, 1.165) is 18.5 Å². The van der Waals surface area contributed by atoms with Gasteiger partial charge in [-0.1, -0.05) is 23.7 Å². The minimum absolute atomic E-state index is 0.327. The fraction of sp³-hybridized carbons (Fsp3) is 0.385. The van der Waals surface area contributed by atoms with E-state index in [1.807, 2.05) is 24.3 Å². The van der Waals surface area contributed by atoms with Crippen LogP contribution in [0.15, 0.2) is 28.8 Å². The van der Waals surface area contributed by atoms with Gasteiger partial charge >= 0.3 is 0 Å². The average Bonchev–Trinajstić information content (AvgIpc) is 2.78. The second kappa shape index (κ2) is 5.98. The molecule has 4 nitrogen and oxygen atoms in total. The molecule has 0 fully saturated rings. The van der Waals surface area contributed by atoms with Crippen LogP contribution in [-0.4, -0.2) is 22.7 Å². The van der Waals surface area contributed by atoms with E-state index in [0.29, 0.717) is 22.8 Å². The first-order valence-corrected chi connectivity index (χ1v) is 6.38. The zero-order valence-corrected chi connectivity index (χ0v) is 11.2. The highest BCUT2D eigenvalue weighted by atomic mass is 35.5. The van der Waals surface area contributed by atoms with Crippen molar-refractivity contribution in [3.63, 3.8) is 0 Å². The summed E-state index contributed by atoms with van der Waals surface area (Å²) in [7, 11) is 0. The first-order valence-electron chi connectivity index (χ1n) is 6.01. The van der Waals surface area contributed by atoms with Gasteiger partial charge in [-0.25, -0.2) is 0 Å². The summed E-state index contributed by atoms with van der Waals surface area (Å²) in [4.78, 5) is 4.37. The van der Waals surface area contributed by atoms with Gasteiger partial charge in [-0.15, -0.1) is 0 Å². The Balaban J connectivity index is 2.08. The van der Waals surface area contributed by atoms with E-state index in [9.17, 15) is 0 Å². The molecule has 96 valence electrons. The van der Waals surface area contributed by atoms with Gasteiger partial charge in [0.2, 0.25) is 11.7 Å². The molecule has 1 N–H and O–H groups in total. The summed E-state index contributed by atoms with van der Waals surface area (Å²) in [5, 5.41) is 7.97. The van der Waals surface area contributed by atoms with Gasteiger partial charge in [-0.3, -0.25) is 0 Å². The summed E-state index contributed by atoms with van der Waals surface area (Å²) in [6, 6.07) is 7.71. The molecule has 1 aromatic carbocycles. The van der Waals surface area contributed by atoms with Crippen LogP contribution in [0, 0.1) is 0 Å². The summed E-state index contributed by atoms with van der Waals surface area (Å²) in [6.07, 6.45) is 0.731. The highest BCUT2D eigenvalue weighted by Gasteiger charge is 2.11. The topological polar surface area (TPSA) is 51.0 Å². The number of nitrogens with zero attached hydrogens (tertiary/aromatic N) is 2. The molecule has 0 aliphatic rings. The molecule has 0 radical (unpaired) electrons. The van der Waals surface area contributed by atoms with Crippen LogP contribution in [-0.2, 0) is 6.42 Å². The molecule has 18 heavy (non-hydrogen) atoms. The molecule has 1 atom stereocenters. The van der Waals surface area contributed by atoms with Crippen LogP contribution >= 0.6 is 11.6 Å². The number of likely N-dealkylation sites (N-methyl/N-ethyl adjacent to an activating group) is 1. The highest BCUT2D eigenvalue weighted by molar-refractivity contribution is 6.30. The van der Waals surface area contributed by atoms with E-state index in [1.54, 1.807) is 0 Å². The Bertz CT molecular complexity index is 495. The lowest BCUT2D eigenvalue weighted by Gasteiger charge is -2.07. The third kappa shape index (κ3) is 3.31. The normalized spacial score (nSPS) is 12.6. The Hall–Kier alpha value is -1.39. The summed E-state index contributed by atoms with van der Waals surface area (Å²) in [5.74, 6) is 1.25. The number of benzene rings is 1. The zero-order valence-electron chi connectivity index (χ0n) is 10.5. The molecule has 1 heterocycles. The predicted octanol–water partition coefficient (Wildman–Crippen LogP) is 2.93. The number of hydrogen-bond acceptors (Lipinski definition) is 4. The summed E-state index contributed by atoms with van der Waals surface area (Å²) in [5.41, 5.74) is 0.908. The molecule has 5 heteroatoms. The zero-order chi connectivity index (χ0) is 13.0. The SMILES string of the molecule is CCNC(C)Cc1nc(-c2ccc(Cl)cc2)no1. The number of aromatic nitrogens is 2. The molecule has 1 unspecified atom stereocenters. The van der Waals surface area contributed by atoms with Gasteiger partial charge in [0.1, 0.15) is 0 Å². The minimum atomic E-state index is 0.327. The lowest BCUT2D eigenvalue weighted by atomic mass is 10.2. The number of rotatable bonds is 5. The van der Waals surface area contributed by atoms with Gasteiger partial charge in [0, 0.05) is 23.0 Å². The second-order valence-electron chi connectivity index (χ2n) is 4.18. The second-order valence-corrected chi connectivity index (χ2v) is 4.62. The van der Waals surface area contributed by atoms with Gasteiger partial charge in [0.25, 0.3) is 0 Å². The average molecular weight is 266 g/mol. The van der Waals surface area contributed by atoms with E-state index in [2.05, 4.69) is 29.3 Å². The summed E-state index contributed by atoms with van der Waals surface area (Å²) >= 11 is 5.84. The smallest absolute Gasteiger partial charge is 0.228 e. The first-order chi connectivity index (χ1) is 8.69. The fourth-order valence-corrected chi connectivity index (χ4v) is 1.86. The molecule has 0 saturated carbocycles. The van der Waals surface area contributed by atoms with E-state index >= 15 is 0 Å². The quantitative estimate of drug-likeness (QED) is 0.903. The van der Waals surface area contributed by atoms with Crippen molar-refractivity contribution >= 4 is 11.6 Å². The molecule has 0 aliphatic carbocycles. The monoisotopic (exact) mass is 265 g/mol. The molecule has 0 amide bonds. The van der Waals surface area contributed by atoms with Crippen molar-refractivity contribution in [1.82, 2.24) is 15.5 Å². The molecule has 2 rings (SSSR count). The number of halogens is 1. The third-order valence-electron chi connectivity index (χ3n) is 2.60. The van der Waals surface area contributed by atoms with Crippen LogP contribution in [0.1, 0.15) is 19.7 Å². The summed E-state index contributed by atoms with van der Waals surface area (Å²) in [6.45, 7) is 5.10. The van der Waals surface area contributed by atoms with Gasteiger partial charge in [0.05, 0.1) is 0 Å². The van der Waals surface area contributed by atoms with Crippen LogP contribution in [0.4, 0.5) is 0 Å². The van der Waals surface area contributed by atoms with Crippen LogP contribution in [0.3, 0.4) is 0 Å². The van der Waals surface area contributed by atoms with Gasteiger partial charge < -0.3 is 9.84 Å². The van der Waals surface area contributed by atoms with Crippen LogP contribution in [0.2, 0.25) is 5.02 Å². The molecular formula is C13H16ClN3O. The molecule has 2 aromatic rings. The third-order valence-corrected chi connectivity index (χ3v) is 2.86. The van der Waals surface area contributed by atoms with Gasteiger partial charge in [0.15, 0.2) is 0 Å². The van der Waals surface area contributed by atoms with Crippen LogP contribution in [0.25, 0.3) is 11.4 Å². The molecular weight excluding hydrogens is 250 g/mol. The van der Waals surface area contributed by atoms with Gasteiger partial charge in [-0.05, 0) is 37.7 Å². The maximum Gasteiger partial charge on any atom is 0.228 e. The van der Waals surface area contributed by atoms with E-state index in [1.165, 1.54) is 0 Å². The van der Waals surface area contributed by atoms with Gasteiger partial charge in [-0.2, -0.15) is 4.98 Å². The Morgan fingerprint density at radius 2 is 2.06 bits per heavy atom. The summed E-state index contributed by atoms with van der Waals surface area (Å²) < 4.78 is 5.23. The Morgan fingerprint density at radius 3 is 2.72 bits per heavy atom. The number of hydrogen-bond donors (Lipinski definition) is 1. The maximum atomic E-state index is 5.84. The maximum absolute atomic E-state index is 5.84. The van der Waals surface area contributed by atoms with Crippen LogP contribution in [0.5, 0.6) is 0 Å². The Kier molecular flexibility index (Phi) is 4.33. The van der Waals surface area contributed by atoms with E-state index in [4.69, 9.17) is 16.1 Å². The molecule has 0 bridgehead atoms. The van der Waals surface area contributed by atoms with Crippen molar-refractivity contribution in [3.05, 3.63) is 35.2 Å². The lowest BCUT2D eigenvalue weighted by Crippen LogP contribution is -2.27. The fourth-order valence-electron chi connectivity index (χ4n) is 1.74. The number of nitrogens with one attached hydrogen (secondary N) is 1. The van der Waals surface area contributed by atoms with Crippen molar-refractivity contribution in [1.29, 1.82) is 0 Å². The van der Waals surface area contributed by atoms with Crippen LogP contribution < -0.4 is 5.32 Å². The molecule has 1 aromatic heterocycles. The molecule has 0 aliphatic heterocycles. The predicted molar refractivity (Wildman–Crippen MR) is 71.6 cm³/mol. The van der Waals surface area contributed by atoms with E-state index < -0.39 is 0 Å². The van der Waals surface area contributed by atoms with Crippen molar-refractivity contribution in [3.8, 4) is 11.4 Å². The van der Waals surface area contributed by atoms with E-state index in [-0.39, 0.29) is 0 Å². The Morgan fingerprint density at radius 1 is 1.33 bits per heavy atom.